The van der Waals surface area contributed by atoms with Gasteiger partial charge in [0.05, 0.1) is 12.0 Å². The first-order chi connectivity index (χ1) is 9.16. The molecule has 19 heavy (non-hydrogen) atoms. The van der Waals surface area contributed by atoms with Gasteiger partial charge in [0.1, 0.15) is 0 Å². The molecule has 0 unspecified atom stereocenters. The summed E-state index contributed by atoms with van der Waals surface area (Å²) in [5, 5.41) is 3.32. The second-order valence-corrected chi connectivity index (χ2v) is 5.97. The maximum absolute atomic E-state index is 12.3. The molecule has 0 aromatic heterocycles. The van der Waals surface area contributed by atoms with Gasteiger partial charge in [0.2, 0.25) is 0 Å². The number of carbonyl (C=O) groups excluding carboxylic acids is 1. The van der Waals surface area contributed by atoms with E-state index in [9.17, 15) is 4.79 Å². The van der Waals surface area contributed by atoms with Crippen LogP contribution in [0.3, 0.4) is 0 Å². The lowest BCUT2D eigenvalue weighted by atomic mass is 9.74. The summed E-state index contributed by atoms with van der Waals surface area (Å²) >= 11 is 3.44. The van der Waals surface area contributed by atoms with E-state index in [4.69, 9.17) is 4.74 Å². The average Bonchev–Trinajstić information content (AvgIpc) is 2.43. The molecule has 0 spiro atoms. The molecule has 3 nitrogen and oxygen atoms in total. The highest BCUT2D eigenvalue weighted by atomic mass is 79.9. The zero-order valence-electron chi connectivity index (χ0n) is 11.2. The second kappa shape index (κ2) is 6.53. The van der Waals surface area contributed by atoms with Crippen LogP contribution in [0.5, 0.6) is 0 Å². The van der Waals surface area contributed by atoms with Crippen LogP contribution in [-0.4, -0.2) is 25.7 Å². The number of ether oxygens (including phenoxy) is 1. The summed E-state index contributed by atoms with van der Waals surface area (Å²) in [7, 11) is 0. The molecule has 0 amide bonds. The summed E-state index contributed by atoms with van der Waals surface area (Å²) in [4.78, 5) is 12.3. The summed E-state index contributed by atoms with van der Waals surface area (Å²) in [6.07, 6.45) is 2.46. The van der Waals surface area contributed by atoms with Gasteiger partial charge in [-0.3, -0.25) is 4.79 Å². The molecule has 4 heteroatoms. The minimum absolute atomic E-state index is 0.0422. The molecule has 0 aliphatic carbocycles. The lowest BCUT2D eigenvalue weighted by Gasteiger charge is -2.35. The third kappa shape index (κ3) is 3.57. The second-order valence-electron chi connectivity index (χ2n) is 5.05. The smallest absolute Gasteiger partial charge is 0.312 e. The fraction of sp³-hybridized carbons (Fsp3) is 0.533. The number of hydrogen-bond acceptors (Lipinski definition) is 3. The van der Waals surface area contributed by atoms with E-state index < -0.39 is 0 Å². The van der Waals surface area contributed by atoms with Crippen molar-refractivity contribution in [3.05, 3.63) is 34.3 Å². The molecule has 1 aliphatic heterocycles. The molecule has 104 valence electrons. The van der Waals surface area contributed by atoms with E-state index in [-0.39, 0.29) is 11.4 Å². The highest BCUT2D eigenvalue weighted by Crippen LogP contribution is 2.34. The van der Waals surface area contributed by atoms with E-state index in [0.717, 1.165) is 36.8 Å². The van der Waals surface area contributed by atoms with Crippen LogP contribution in [-0.2, 0) is 16.0 Å². The first-order valence-electron chi connectivity index (χ1n) is 6.79. The topological polar surface area (TPSA) is 38.3 Å². The number of rotatable bonds is 4. The summed E-state index contributed by atoms with van der Waals surface area (Å²) in [5.74, 6) is -0.0422. The number of piperidine rings is 1. The Morgan fingerprint density at radius 1 is 1.32 bits per heavy atom. The van der Waals surface area contributed by atoms with Gasteiger partial charge < -0.3 is 10.1 Å². The lowest BCUT2D eigenvalue weighted by Crippen LogP contribution is -2.44. The van der Waals surface area contributed by atoms with Crippen LogP contribution < -0.4 is 5.32 Å². The third-order valence-electron chi connectivity index (χ3n) is 3.72. The van der Waals surface area contributed by atoms with Gasteiger partial charge in [-0.15, -0.1) is 0 Å². The van der Waals surface area contributed by atoms with Crippen molar-refractivity contribution < 1.29 is 9.53 Å². The van der Waals surface area contributed by atoms with E-state index in [1.54, 1.807) is 0 Å². The molecule has 1 heterocycles. The Bertz CT molecular complexity index is 424. The van der Waals surface area contributed by atoms with Crippen LogP contribution in [0.1, 0.15) is 25.3 Å². The van der Waals surface area contributed by atoms with Crippen LogP contribution in [0.15, 0.2) is 28.7 Å². The Balaban J connectivity index is 2.17. The average molecular weight is 326 g/mol. The number of halogens is 1. The van der Waals surface area contributed by atoms with E-state index in [2.05, 4.69) is 33.4 Å². The molecule has 1 aliphatic rings. The van der Waals surface area contributed by atoms with Gasteiger partial charge in [0.25, 0.3) is 0 Å². The highest BCUT2D eigenvalue weighted by molar-refractivity contribution is 9.10. The van der Waals surface area contributed by atoms with Crippen LogP contribution in [0.4, 0.5) is 0 Å². The molecule has 1 N–H and O–H groups in total. The van der Waals surface area contributed by atoms with Crippen molar-refractivity contribution in [3.8, 4) is 0 Å². The minimum Gasteiger partial charge on any atom is -0.466 e. The minimum atomic E-state index is -0.352. The quantitative estimate of drug-likeness (QED) is 0.865. The molecule has 1 aromatic carbocycles. The SMILES string of the molecule is CCOC(=O)C1(Cc2ccc(Br)cc2)CCNCC1. The van der Waals surface area contributed by atoms with Crippen LogP contribution >= 0.6 is 15.9 Å². The standard InChI is InChI=1S/C15H20BrNO2/c1-2-19-14(18)15(7-9-17-10-8-15)11-12-3-5-13(16)6-4-12/h3-6,17H,2,7-11H2,1H3. The van der Waals surface area contributed by atoms with Gasteiger partial charge in [-0.2, -0.15) is 0 Å². The van der Waals surface area contributed by atoms with Gasteiger partial charge in [0.15, 0.2) is 0 Å². The Morgan fingerprint density at radius 2 is 1.95 bits per heavy atom. The summed E-state index contributed by atoms with van der Waals surface area (Å²) in [6.45, 7) is 4.09. The summed E-state index contributed by atoms with van der Waals surface area (Å²) in [6, 6.07) is 8.20. The van der Waals surface area contributed by atoms with Crippen LogP contribution in [0.25, 0.3) is 0 Å². The number of benzene rings is 1. The molecule has 1 saturated heterocycles. The van der Waals surface area contributed by atoms with Gasteiger partial charge in [-0.1, -0.05) is 28.1 Å². The molecule has 0 bridgehead atoms. The van der Waals surface area contributed by atoms with Crippen molar-refractivity contribution in [2.24, 2.45) is 5.41 Å². The predicted octanol–water partition coefficient (Wildman–Crippen LogP) is 2.92. The number of nitrogens with one attached hydrogen (secondary N) is 1. The molecule has 0 saturated carbocycles. The zero-order chi connectivity index (χ0) is 13.7. The third-order valence-corrected chi connectivity index (χ3v) is 4.25. The largest absolute Gasteiger partial charge is 0.466 e. The highest BCUT2D eigenvalue weighted by Gasteiger charge is 2.40. The molecule has 1 aromatic rings. The van der Waals surface area contributed by atoms with E-state index in [1.165, 1.54) is 5.56 Å². The molecule has 2 rings (SSSR count). The molecule has 0 radical (unpaired) electrons. The molecular weight excluding hydrogens is 306 g/mol. The van der Waals surface area contributed by atoms with Crippen molar-refractivity contribution in [3.63, 3.8) is 0 Å². The summed E-state index contributed by atoms with van der Waals surface area (Å²) < 4.78 is 6.37. The Kier molecular flexibility index (Phi) is 4.99. The van der Waals surface area contributed by atoms with Gasteiger partial charge in [0, 0.05) is 4.47 Å². The fourth-order valence-electron chi connectivity index (χ4n) is 2.64. The molecule has 1 fully saturated rings. The maximum Gasteiger partial charge on any atom is 0.312 e. The molecular formula is C15H20BrNO2. The van der Waals surface area contributed by atoms with Crippen molar-refractivity contribution in [2.45, 2.75) is 26.2 Å². The van der Waals surface area contributed by atoms with E-state index in [0.29, 0.717) is 6.61 Å². The first kappa shape index (κ1) is 14.5. The van der Waals surface area contributed by atoms with Crippen LogP contribution in [0, 0.1) is 5.41 Å². The van der Waals surface area contributed by atoms with Crippen molar-refractivity contribution >= 4 is 21.9 Å². The summed E-state index contributed by atoms with van der Waals surface area (Å²) in [5.41, 5.74) is 0.841. The van der Waals surface area contributed by atoms with Gasteiger partial charge >= 0.3 is 5.97 Å². The van der Waals surface area contributed by atoms with Crippen LogP contribution in [0.2, 0.25) is 0 Å². The van der Waals surface area contributed by atoms with Crippen molar-refractivity contribution in [2.75, 3.05) is 19.7 Å². The molecule has 0 atom stereocenters. The number of esters is 1. The van der Waals surface area contributed by atoms with Crippen molar-refractivity contribution in [1.82, 2.24) is 5.32 Å². The Morgan fingerprint density at radius 3 is 2.53 bits per heavy atom. The zero-order valence-corrected chi connectivity index (χ0v) is 12.8. The number of carbonyl (C=O) groups is 1. The number of hydrogen-bond donors (Lipinski definition) is 1. The van der Waals surface area contributed by atoms with Gasteiger partial charge in [-0.05, 0) is 57.0 Å². The Labute approximate surface area is 122 Å². The lowest BCUT2D eigenvalue weighted by molar-refractivity contribution is -0.157. The predicted molar refractivity (Wildman–Crippen MR) is 79.0 cm³/mol. The van der Waals surface area contributed by atoms with E-state index >= 15 is 0 Å². The fourth-order valence-corrected chi connectivity index (χ4v) is 2.90. The Hall–Kier alpha value is -0.870. The normalized spacial score (nSPS) is 18.0. The van der Waals surface area contributed by atoms with Crippen molar-refractivity contribution in [1.29, 1.82) is 0 Å². The van der Waals surface area contributed by atoms with E-state index in [1.807, 2.05) is 19.1 Å². The van der Waals surface area contributed by atoms with Gasteiger partial charge in [-0.25, -0.2) is 0 Å². The monoisotopic (exact) mass is 325 g/mol. The first-order valence-corrected chi connectivity index (χ1v) is 7.58. The maximum atomic E-state index is 12.3.